The number of hydrogen-bond acceptors (Lipinski definition) is 6. The van der Waals surface area contributed by atoms with Crippen molar-refractivity contribution in [2.75, 3.05) is 11.4 Å². The number of rotatable bonds is 6. The Morgan fingerprint density at radius 3 is 2.73 bits per heavy atom. The van der Waals surface area contributed by atoms with Gasteiger partial charge in [0, 0.05) is 37.0 Å². The van der Waals surface area contributed by atoms with E-state index in [1.807, 2.05) is 11.6 Å². The van der Waals surface area contributed by atoms with Gasteiger partial charge in [0.15, 0.2) is 0 Å². The first-order chi connectivity index (χ1) is 10.7. The van der Waals surface area contributed by atoms with Gasteiger partial charge in [0.2, 0.25) is 0 Å². The van der Waals surface area contributed by atoms with Crippen molar-refractivity contribution in [3.8, 4) is 0 Å². The molecular weight excluding hydrogens is 312 g/mol. The van der Waals surface area contributed by atoms with Crippen LogP contribution in [0.1, 0.15) is 31.6 Å². The van der Waals surface area contributed by atoms with Crippen molar-refractivity contribution in [2.24, 2.45) is 0 Å². The molecule has 4 nitrogen and oxygen atoms in total. The number of aryl methyl sites for hydroxylation is 1. The highest BCUT2D eigenvalue weighted by Gasteiger charge is 2.18. The molecule has 0 saturated heterocycles. The number of fused-ring (bicyclic) bond motifs is 1. The summed E-state index contributed by atoms with van der Waals surface area (Å²) in [6.45, 7) is 7.46. The van der Waals surface area contributed by atoms with Gasteiger partial charge in [-0.25, -0.2) is 15.0 Å². The average molecular weight is 332 g/mol. The number of thiophene rings is 1. The molecule has 0 aromatic carbocycles. The van der Waals surface area contributed by atoms with Crippen LogP contribution in [0, 0.1) is 0 Å². The molecule has 0 bridgehead atoms. The Morgan fingerprint density at radius 1 is 1.18 bits per heavy atom. The minimum absolute atomic E-state index is 0.391. The van der Waals surface area contributed by atoms with Crippen LogP contribution in [-0.2, 0) is 12.8 Å². The topological polar surface area (TPSA) is 41.9 Å². The molecule has 22 heavy (non-hydrogen) atoms. The van der Waals surface area contributed by atoms with Gasteiger partial charge in [0.1, 0.15) is 16.5 Å². The Labute approximate surface area is 138 Å². The molecule has 0 saturated carbocycles. The van der Waals surface area contributed by atoms with Gasteiger partial charge in [-0.15, -0.1) is 22.7 Å². The zero-order chi connectivity index (χ0) is 15.5. The van der Waals surface area contributed by atoms with E-state index in [1.54, 1.807) is 22.7 Å². The van der Waals surface area contributed by atoms with E-state index in [0.717, 1.165) is 41.2 Å². The van der Waals surface area contributed by atoms with Crippen LogP contribution in [-0.4, -0.2) is 27.5 Å². The highest BCUT2D eigenvalue weighted by molar-refractivity contribution is 7.16. The quantitative estimate of drug-likeness (QED) is 0.679. The molecule has 0 aliphatic rings. The summed E-state index contributed by atoms with van der Waals surface area (Å²) >= 11 is 3.40. The lowest BCUT2D eigenvalue weighted by Gasteiger charge is -2.28. The molecule has 3 heterocycles. The summed E-state index contributed by atoms with van der Waals surface area (Å²) < 4.78 is 0. The Balaban J connectivity index is 1.95. The fourth-order valence-electron chi connectivity index (χ4n) is 2.46. The molecule has 0 fully saturated rings. The number of aromatic nitrogens is 3. The maximum absolute atomic E-state index is 4.82. The minimum Gasteiger partial charge on any atom is -0.353 e. The Morgan fingerprint density at radius 2 is 2.05 bits per heavy atom. The summed E-state index contributed by atoms with van der Waals surface area (Å²) in [5.41, 5.74) is 0. The van der Waals surface area contributed by atoms with Crippen molar-refractivity contribution >= 4 is 38.7 Å². The molecule has 0 aliphatic carbocycles. The summed E-state index contributed by atoms with van der Waals surface area (Å²) in [7, 11) is 0. The summed E-state index contributed by atoms with van der Waals surface area (Å²) in [5.74, 6) is 1.99. The van der Waals surface area contributed by atoms with Crippen molar-refractivity contribution < 1.29 is 0 Å². The van der Waals surface area contributed by atoms with Crippen molar-refractivity contribution in [3.05, 3.63) is 33.9 Å². The normalized spacial score (nSPS) is 11.5. The van der Waals surface area contributed by atoms with Crippen molar-refractivity contribution in [1.29, 1.82) is 0 Å². The smallest absolute Gasteiger partial charge is 0.141 e. The molecule has 0 radical (unpaired) electrons. The van der Waals surface area contributed by atoms with Crippen LogP contribution in [0.25, 0.3) is 10.2 Å². The monoisotopic (exact) mass is 332 g/mol. The molecule has 0 N–H and O–H groups in total. The third-order valence-electron chi connectivity index (χ3n) is 3.61. The molecule has 3 rings (SSSR count). The van der Waals surface area contributed by atoms with Crippen LogP contribution >= 0.6 is 22.7 Å². The second-order valence-corrected chi connectivity index (χ2v) is 7.29. The SMILES string of the molecule is CCc1nc(N(CCc2nccs2)C(C)C)c2ccsc2n1. The second-order valence-electron chi connectivity index (χ2n) is 5.42. The summed E-state index contributed by atoms with van der Waals surface area (Å²) in [6, 6.07) is 2.52. The molecule has 0 amide bonds. The van der Waals surface area contributed by atoms with E-state index in [4.69, 9.17) is 4.98 Å². The highest BCUT2D eigenvalue weighted by Crippen LogP contribution is 2.29. The van der Waals surface area contributed by atoms with Crippen molar-refractivity contribution in [3.63, 3.8) is 0 Å². The third-order valence-corrected chi connectivity index (χ3v) is 5.26. The van der Waals surface area contributed by atoms with E-state index in [1.165, 1.54) is 5.01 Å². The zero-order valence-electron chi connectivity index (χ0n) is 13.1. The van der Waals surface area contributed by atoms with Crippen LogP contribution in [0.15, 0.2) is 23.0 Å². The minimum atomic E-state index is 0.391. The molecule has 0 atom stereocenters. The Hall–Kier alpha value is -1.53. The molecule has 0 aliphatic heterocycles. The summed E-state index contributed by atoms with van der Waals surface area (Å²) in [6.07, 6.45) is 3.68. The first-order valence-electron chi connectivity index (χ1n) is 7.58. The fraction of sp³-hybridized carbons (Fsp3) is 0.438. The van der Waals surface area contributed by atoms with E-state index in [0.29, 0.717) is 6.04 Å². The van der Waals surface area contributed by atoms with E-state index in [2.05, 4.69) is 47.1 Å². The van der Waals surface area contributed by atoms with Crippen molar-refractivity contribution in [2.45, 2.75) is 39.7 Å². The van der Waals surface area contributed by atoms with Gasteiger partial charge in [-0.05, 0) is 25.3 Å². The predicted octanol–water partition coefficient (Wildman–Crippen LogP) is 4.17. The van der Waals surface area contributed by atoms with Gasteiger partial charge >= 0.3 is 0 Å². The molecule has 6 heteroatoms. The van der Waals surface area contributed by atoms with E-state index < -0.39 is 0 Å². The number of anilines is 1. The Bertz CT molecular complexity index is 734. The van der Waals surface area contributed by atoms with Crippen LogP contribution in [0.3, 0.4) is 0 Å². The van der Waals surface area contributed by atoms with Crippen LogP contribution < -0.4 is 4.90 Å². The molecule has 3 aromatic rings. The van der Waals surface area contributed by atoms with Crippen LogP contribution in [0.2, 0.25) is 0 Å². The number of thiazole rings is 1. The Kier molecular flexibility index (Phi) is 4.69. The zero-order valence-corrected chi connectivity index (χ0v) is 14.7. The van der Waals surface area contributed by atoms with Crippen LogP contribution in [0.5, 0.6) is 0 Å². The van der Waals surface area contributed by atoms with E-state index in [-0.39, 0.29) is 0 Å². The van der Waals surface area contributed by atoms with Gasteiger partial charge in [0.25, 0.3) is 0 Å². The molecule has 0 spiro atoms. The number of nitrogens with zero attached hydrogens (tertiary/aromatic N) is 4. The van der Waals surface area contributed by atoms with Crippen LogP contribution in [0.4, 0.5) is 5.82 Å². The highest BCUT2D eigenvalue weighted by atomic mass is 32.1. The predicted molar refractivity (Wildman–Crippen MR) is 95.1 cm³/mol. The van der Waals surface area contributed by atoms with Crippen molar-refractivity contribution in [1.82, 2.24) is 15.0 Å². The summed E-state index contributed by atoms with van der Waals surface area (Å²) in [5, 5.41) is 6.47. The van der Waals surface area contributed by atoms with Gasteiger partial charge in [-0.1, -0.05) is 6.92 Å². The first-order valence-corrected chi connectivity index (χ1v) is 9.34. The molecule has 0 unspecified atom stereocenters. The third kappa shape index (κ3) is 3.13. The van der Waals surface area contributed by atoms with E-state index in [9.17, 15) is 0 Å². The second kappa shape index (κ2) is 6.71. The number of hydrogen-bond donors (Lipinski definition) is 0. The lowest BCUT2D eigenvalue weighted by atomic mass is 10.2. The first kappa shape index (κ1) is 15.4. The van der Waals surface area contributed by atoms with E-state index >= 15 is 0 Å². The van der Waals surface area contributed by atoms with Gasteiger partial charge in [-0.2, -0.15) is 0 Å². The maximum Gasteiger partial charge on any atom is 0.141 e. The molecule has 3 aromatic heterocycles. The lowest BCUT2D eigenvalue weighted by Crippen LogP contribution is -2.34. The lowest BCUT2D eigenvalue weighted by molar-refractivity contribution is 0.668. The fourth-order valence-corrected chi connectivity index (χ4v) is 3.85. The standard InChI is InChI=1S/C16H20N4S2/c1-4-13-18-15(12-6-9-22-16(12)19-13)20(11(2)3)8-5-14-17-7-10-21-14/h6-7,9-11H,4-5,8H2,1-3H3. The van der Waals surface area contributed by atoms with Gasteiger partial charge in [-0.3, -0.25) is 0 Å². The maximum atomic E-state index is 4.82. The van der Waals surface area contributed by atoms with Gasteiger partial charge < -0.3 is 4.90 Å². The van der Waals surface area contributed by atoms with Gasteiger partial charge in [0.05, 0.1) is 10.4 Å². The molecular formula is C16H20N4S2. The average Bonchev–Trinajstić information content (AvgIpc) is 3.17. The summed E-state index contributed by atoms with van der Waals surface area (Å²) in [4.78, 5) is 17.3. The molecule has 116 valence electrons. The largest absolute Gasteiger partial charge is 0.353 e.